The molecule has 0 spiro atoms. The van der Waals surface area contributed by atoms with Crippen molar-refractivity contribution in [2.75, 3.05) is 80.5 Å². The highest BCUT2D eigenvalue weighted by Gasteiger charge is 2.47. The third-order valence-corrected chi connectivity index (χ3v) is 19.4. The Labute approximate surface area is 593 Å². The van der Waals surface area contributed by atoms with Gasteiger partial charge in [0.05, 0.1) is 11.7 Å². The fourth-order valence-electron chi connectivity index (χ4n) is 12.4. The molecule has 0 aromatic heterocycles. The number of allylic oxidation sites excluding steroid dienone is 2. The van der Waals surface area contributed by atoms with Crippen molar-refractivity contribution in [2.24, 2.45) is 40.9 Å². The van der Waals surface area contributed by atoms with Gasteiger partial charge in [-0.25, -0.2) is 0 Å². The van der Waals surface area contributed by atoms with E-state index < -0.39 is 161 Å². The van der Waals surface area contributed by atoms with Gasteiger partial charge in [-0.1, -0.05) is 123 Å². The maximum absolute atomic E-state index is 15.5. The first-order valence-corrected chi connectivity index (χ1v) is 36.6. The Hall–Kier alpha value is -5.86. The minimum absolute atomic E-state index is 0.00970. The van der Waals surface area contributed by atoms with E-state index in [1.807, 2.05) is 47.6 Å². The summed E-state index contributed by atoms with van der Waals surface area (Å²) in [5.74, 6) is -9.74. The molecule has 25 nitrogen and oxygen atoms in total. The van der Waals surface area contributed by atoms with Crippen molar-refractivity contribution < 1.29 is 63.0 Å². The van der Waals surface area contributed by atoms with Crippen molar-refractivity contribution in [3.8, 4) is 0 Å². The van der Waals surface area contributed by atoms with Gasteiger partial charge in [0.15, 0.2) is 0 Å². The van der Waals surface area contributed by atoms with Gasteiger partial charge in [-0.15, -0.1) is 0 Å². The number of nitrogens with one attached hydrogen (secondary N) is 4. The predicted octanol–water partition coefficient (Wildman–Crippen LogP) is 4.85. The number of aliphatic hydroxyl groups is 2. The van der Waals surface area contributed by atoms with Gasteiger partial charge < -0.3 is 70.7 Å². The quantitative estimate of drug-likeness (QED) is 0.0624. The SMILES string of the molecule is C/C=C/C[C@@H](C)[C@@H](O)[C@H]1C(=O)N[C@@H](CC)C(=O)N(C)[C@H](CSCCN(CC)CC(C)(C)C)C(=O)N(C)[C@@H](CC(C)(C)O)C(=O)N[C@@H](C(C)C)C(=O)N(C)[C@@H](CC(C)C)C(=O)N[C@@H](C)C(=O)N[C@H](C)C(=O)N(C)[C@@H](CC(C)C)C(=O)N(C)[C@@H](CC(C)C)C(=O)N(C)[C@@H](C(C)C)C(=O)N1C. The lowest BCUT2D eigenvalue weighted by molar-refractivity contribution is -0.157. The van der Waals surface area contributed by atoms with Gasteiger partial charge in [0.1, 0.15) is 66.5 Å². The number of aliphatic hydroxyl groups excluding tert-OH is 1. The maximum Gasteiger partial charge on any atom is 0.246 e. The second-order valence-corrected chi connectivity index (χ2v) is 32.3. The molecule has 1 rings (SSSR count). The fraction of sp³-hybridized carbons (Fsp3) is 0.819. The zero-order valence-electron chi connectivity index (χ0n) is 65.2. The Kier molecular flexibility index (Phi) is 37.3. The van der Waals surface area contributed by atoms with E-state index in [0.29, 0.717) is 12.3 Å². The number of thioether (sulfide) groups is 1. The van der Waals surface area contributed by atoms with Crippen LogP contribution in [0.2, 0.25) is 0 Å². The van der Waals surface area contributed by atoms with E-state index in [9.17, 15) is 29.4 Å². The van der Waals surface area contributed by atoms with E-state index in [1.165, 1.54) is 113 Å². The normalized spacial score (nSPS) is 26.1. The molecule has 0 unspecified atom stereocenters. The van der Waals surface area contributed by atoms with Crippen LogP contribution < -0.4 is 21.3 Å². The molecule has 26 heteroatoms. The van der Waals surface area contributed by atoms with Crippen LogP contribution in [0.4, 0.5) is 0 Å². The molecule has 0 aliphatic carbocycles. The number of carbonyl (C=O) groups is 11. The van der Waals surface area contributed by atoms with Crippen molar-refractivity contribution in [2.45, 2.75) is 262 Å². The highest BCUT2D eigenvalue weighted by Crippen LogP contribution is 2.27. The minimum atomic E-state index is -1.66. The van der Waals surface area contributed by atoms with Crippen molar-refractivity contribution >= 4 is 76.7 Å². The van der Waals surface area contributed by atoms with Crippen molar-refractivity contribution in [1.29, 1.82) is 0 Å². The molecule has 6 N–H and O–H groups in total. The van der Waals surface area contributed by atoms with Crippen molar-refractivity contribution in [1.82, 2.24) is 60.5 Å². The zero-order valence-corrected chi connectivity index (χ0v) is 66.0. The largest absolute Gasteiger partial charge is 0.390 e. The van der Waals surface area contributed by atoms with Crippen LogP contribution >= 0.6 is 11.8 Å². The average Bonchev–Trinajstić information content (AvgIpc) is 0.806. The van der Waals surface area contributed by atoms with E-state index in [0.717, 1.165) is 22.9 Å². The number of carbonyl (C=O) groups excluding carboxylic acids is 11. The average molecular weight is 1410 g/mol. The van der Waals surface area contributed by atoms with Crippen LogP contribution in [-0.4, -0.2) is 273 Å². The van der Waals surface area contributed by atoms with E-state index in [4.69, 9.17) is 0 Å². The van der Waals surface area contributed by atoms with Gasteiger partial charge in [-0.05, 0) is 114 Å². The Morgan fingerprint density at radius 3 is 1.41 bits per heavy atom. The Balaban J connectivity index is 4.62. The predicted molar refractivity (Wildman–Crippen MR) is 388 cm³/mol. The number of hydrogen-bond acceptors (Lipinski definition) is 15. The van der Waals surface area contributed by atoms with Gasteiger partial charge in [0.2, 0.25) is 65.0 Å². The van der Waals surface area contributed by atoms with E-state index in [1.54, 1.807) is 54.5 Å². The Morgan fingerprint density at radius 2 is 0.949 bits per heavy atom. The third kappa shape index (κ3) is 26.9. The molecule has 564 valence electrons. The van der Waals surface area contributed by atoms with Gasteiger partial charge >= 0.3 is 0 Å². The molecule has 11 amide bonds. The molecule has 98 heavy (non-hydrogen) atoms. The fourth-order valence-corrected chi connectivity index (χ4v) is 13.5. The van der Waals surface area contributed by atoms with Crippen LogP contribution in [0.5, 0.6) is 0 Å². The molecular weight excluding hydrogens is 1270 g/mol. The number of amides is 11. The van der Waals surface area contributed by atoms with E-state index in [-0.39, 0.29) is 67.4 Å². The smallest absolute Gasteiger partial charge is 0.246 e. The summed E-state index contributed by atoms with van der Waals surface area (Å²) < 4.78 is 0. The Morgan fingerprint density at radius 1 is 0.510 bits per heavy atom. The highest BCUT2D eigenvalue weighted by atomic mass is 32.2. The lowest BCUT2D eigenvalue weighted by atomic mass is 9.91. The van der Waals surface area contributed by atoms with Gasteiger partial charge in [0.25, 0.3) is 0 Å². The summed E-state index contributed by atoms with van der Waals surface area (Å²) in [5.41, 5.74) is -1.61. The zero-order chi connectivity index (χ0) is 76.1. The number of likely N-dealkylation sites (N-methyl/N-ethyl adjacent to an activating group) is 7. The Bertz CT molecular complexity index is 2680. The van der Waals surface area contributed by atoms with Gasteiger partial charge in [-0.2, -0.15) is 11.8 Å². The lowest BCUT2D eigenvalue weighted by Crippen LogP contribution is -2.64. The summed E-state index contributed by atoms with van der Waals surface area (Å²) in [7, 11) is 9.91. The van der Waals surface area contributed by atoms with Crippen LogP contribution in [0.15, 0.2) is 12.2 Å². The van der Waals surface area contributed by atoms with Crippen molar-refractivity contribution in [3.05, 3.63) is 12.2 Å². The third-order valence-electron chi connectivity index (χ3n) is 18.4. The summed E-state index contributed by atoms with van der Waals surface area (Å²) in [6.07, 6.45) is 2.35. The molecule has 0 bridgehead atoms. The molecule has 0 aromatic rings. The summed E-state index contributed by atoms with van der Waals surface area (Å²) in [5, 5.41) is 34.9. The summed E-state index contributed by atoms with van der Waals surface area (Å²) in [4.78, 5) is 176. The van der Waals surface area contributed by atoms with Gasteiger partial charge in [-0.3, -0.25) is 52.7 Å². The highest BCUT2D eigenvalue weighted by molar-refractivity contribution is 7.99. The molecule has 0 radical (unpaired) electrons. The summed E-state index contributed by atoms with van der Waals surface area (Å²) in [6.45, 7) is 39.7. The summed E-state index contributed by atoms with van der Waals surface area (Å²) >= 11 is 1.40. The van der Waals surface area contributed by atoms with Crippen LogP contribution in [0.1, 0.15) is 184 Å². The van der Waals surface area contributed by atoms with E-state index >= 15 is 33.6 Å². The summed E-state index contributed by atoms with van der Waals surface area (Å²) in [6, 6.07) is -14.4. The molecule has 1 saturated heterocycles. The first kappa shape index (κ1) is 90.2. The maximum atomic E-state index is 15.5. The second kappa shape index (κ2) is 40.5. The standard InChI is InChI=1S/C72H132N12O13S/c1-29-32-33-47(14)59(85)58-63(89)75-50(30-2)65(91)81(26)55(40-98-35-34-84(31-3)41-71(17,18)19)68(94)80(25)54(39-72(20,21)97)62(88)76-56(45(10)11)69(95)77(22)51(36-42(4)5)61(87)73-48(15)60(86)74-49(16)64(90)78(23)52(37-43(6)7)66(92)79(24)53(38-44(8)9)67(93)82(27)57(46(12)13)70(96)83(58)28/h29,32,42-59,85,97H,30-31,33-41H2,1-28H3,(H,73,87)(H,74,86)(H,75,89)(H,76,88)/b32-29+/t47-,48+,49-,50+,51+,52+,53+,54+,55-,56+,57+,58+,59-/m1/s1. The van der Waals surface area contributed by atoms with E-state index in [2.05, 4.69) is 53.9 Å². The second-order valence-electron chi connectivity index (χ2n) is 31.2. The molecule has 1 aliphatic rings. The van der Waals surface area contributed by atoms with Crippen LogP contribution in [0, 0.1) is 40.9 Å². The number of rotatable bonds is 22. The van der Waals surface area contributed by atoms with Gasteiger partial charge in [0, 0.05) is 80.3 Å². The topological polar surface area (TPSA) is 302 Å². The molecule has 0 saturated carbocycles. The van der Waals surface area contributed by atoms with Crippen LogP contribution in [0.3, 0.4) is 0 Å². The molecule has 13 atom stereocenters. The number of nitrogens with zero attached hydrogens (tertiary/aromatic N) is 8. The first-order valence-electron chi connectivity index (χ1n) is 35.4. The monoisotopic (exact) mass is 1400 g/mol. The van der Waals surface area contributed by atoms with Crippen LogP contribution in [-0.2, 0) is 52.7 Å². The molecule has 1 aliphatic heterocycles. The molecule has 0 aromatic carbocycles. The first-order chi connectivity index (χ1) is 45.0. The molecule has 1 heterocycles. The van der Waals surface area contributed by atoms with Crippen LogP contribution in [0.25, 0.3) is 0 Å². The minimum Gasteiger partial charge on any atom is -0.390 e. The van der Waals surface area contributed by atoms with Crippen molar-refractivity contribution in [3.63, 3.8) is 0 Å². The number of hydrogen-bond donors (Lipinski definition) is 6. The molecular formula is C72H132N12O13S. The lowest BCUT2D eigenvalue weighted by Gasteiger charge is -2.41. The molecule has 1 fully saturated rings.